The van der Waals surface area contributed by atoms with Crippen molar-refractivity contribution in [1.82, 2.24) is 0 Å². The second-order valence-corrected chi connectivity index (χ2v) is 7.59. The molecule has 3 N–H and O–H groups in total. The zero-order valence-electron chi connectivity index (χ0n) is 16.4. The van der Waals surface area contributed by atoms with Crippen LogP contribution in [0.3, 0.4) is 0 Å². The molecule has 0 fully saturated rings. The molecule has 0 spiro atoms. The minimum atomic E-state index is -1.18. The third-order valence-corrected chi connectivity index (χ3v) is 4.91. The molecule has 3 rings (SSSR count). The van der Waals surface area contributed by atoms with Gasteiger partial charge in [-0.3, -0.25) is 5.32 Å². The van der Waals surface area contributed by atoms with Gasteiger partial charge in [0.25, 0.3) is 0 Å². The van der Waals surface area contributed by atoms with Crippen molar-refractivity contribution >= 4 is 40.3 Å². The maximum Gasteiger partial charge on any atom is 0.412 e. The van der Waals surface area contributed by atoms with Gasteiger partial charge in [-0.05, 0) is 65.9 Å². The molecular weight excluding hydrogens is 521 g/mol. The van der Waals surface area contributed by atoms with Gasteiger partial charge in [-0.1, -0.05) is 0 Å². The van der Waals surface area contributed by atoms with E-state index in [9.17, 15) is 14.7 Å². The highest BCUT2D eigenvalue weighted by Gasteiger charge is 2.29. The molecule has 1 aliphatic rings. The lowest BCUT2D eigenvalue weighted by molar-refractivity contribution is -0.131. The molecule has 0 aliphatic carbocycles. The summed E-state index contributed by atoms with van der Waals surface area (Å²) in [7, 11) is 0. The molecule has 10 heteroatoms. The number of nitrogens with one attached hydrogen (secondary N) is 1. The third kappa shape index (κ3) is 6.01. The van der Waals surface area contributed by atoms with Crippen LogP contribution < -0.4 is 14.8 Å². The molecule has 1 aliphatic heterocycles. The summed E-state index contributed by atoms with van der Waals surface area (Å²) in [5.41, 5.74) is 0.690. The van der Waals surface area contributed by atoms with Crippen molar-refractivity contribution in [2.75, 3.05) is 18.7 Å². The number of carbonyl (C=O) groups excluding carboxylic acids is 1. The predicted molar refractivity (Wildman–Crippen MR) is 118 cm³/mol. The highest BCUT2D eigenvalue weighted by molar-refractivity contribution is 14.1. The molecule has 1 heterocycles. The normalized spacial score (nSPS) is 14.3. The molecule has 2 aromatic carbocycles. The number of rotatable bonds is 8. The van der Waals surface area contributed by atoms with Gasteiger partial charge in [0.2, 0.25) is 6.79 Å². The fraction of sp³-hybridized carbons (Fsp3) is 0.238. The average molecular weight is 541 g/mol. The first-order chi connectivity index (χ1) is 14.9. The fourth-order valence-electron chi connectivity index (χ4n) is 2.91. The number of halogens is 1. The van der Waals surface area contributed by atoms with Crippen molar-refractivity contribution in [2.45, 2.75) is 19.1 Å². The number of phenolic OH excluding ortho intramolecular Hbond substituents is 1. The van der Waals surface area contributed by atoms with Crippen molar-refractivity contribution < 1.29 is 38.7 Å². The highest BCUT2D eigenvalue weighted by atomic mass is 127. The molecule has 31 heavy (non-hydrogen) atoms. The minimum Gasteiger partial charge on any atom is -0.508 e. The number of ether oxygens (including phenoxy) is 4. The Morgan fingerprint density at radius 2 is 2.00 bits per heavy atom. The lowest BCUT2D eigenvalue weighted by atomic mass is 10.0. The summed E-state index contributed by atoms with van der Waals surface area (Å²) in [6, 6.07) is 9.65. The van der Waals surface area contributed by atoms with Gasteiger partial charge in [0, 0.05) is 33.6 Å². The van der Waals surface area contributed by atoms with Crippen LogP contribution in [0.15, 0.2) is 48.6 Å². The zero-order chi connectivity index (χ0) is 22.4. The number of carbonyl (C=O) groups is 2. The maximum absolute atomic E-state index is 12.7. The molecule has 2 aromatic rings. The van der Waals surface area contributed by atoms with Gasteiger partial charge >= 0.3 is 12.1 Å². The van der Waals surface area contributed by atoms with Gasteiger partial charge in [0.15, 0.2) is 17.6 Å². The van der Waals surface area contributed by atoms with Crippen molar-refractivity contribution in [1.29, 1.82) is 0 Å². The number of aliphatic carboxylic acids is 1. The van der Waals surface area contributed by atoms with Gasteiger partial charge in [-0.25, -0.2) is 9.59 Å². The third-order valence-electron chi connectivity index (χ3n) is 4.24. The number of anilines is 1. The van der Waals surface area contributed by atoms with Crippen LogP contribution in [0.1, 0.15) is 18.6 Å². The molecule has 0 saturated carbocycles. The quantitative estimate of drug-likeness (QED) is 0.338. The van der Waals surface area contributed by atoms with Gasteiger partial charge in [-0.15, -0.1) is 0 Å². The van der Waals surface area contributed by atoms with E-state index in [-0.39, 0.29) is 24.7 Å². The number of hydrogen-bond acceptors (Lipinski definition) is 7. The van der Waals surface area contributed by atoms with Crippen LogP contribution in [-0.2, 0) is 14.3 Å². The molecule has 0 bridgehead atoms. The van der Waals surface area contributed by atoms with E-state index in [4.69, 9.17) is 24.1 Å². The molecule has 2 atom stereocenters. The number of aromatic hydroxyl groups is 1. The largest absolute Gasteiger partial charge is 0.508 e. The Morgan fingerprint density at radius 1 is 1.23 bits per heavy atom. The van der Waals surface area contributed by atoms with Crippen LogP contribution in [-0.4, -0.2) is 41.8 Å². The SMILES string of the molecule is CCO[C@H](/C=C/C(=O)O)[C@H](OC(=O)Nc1ccc2c(c1)OCO2)c1cc(I)ccc1O. The van der Waals surface area contributed by atoms with Crippen molar-refractivity contribution in [3.05, 3.63) is 57.7 Å². The van der Waals surface area contributed by atoms with E-state index in [2.05, 4.69) is 27.9 Å². The molecule has 9 nitrogen and oxygen atoms in total. The molecule has 0 saturated heterocycles. The second kappa shape index (κ2) is 10.4. The highest BCUT2D eigenvalue weighted by Crippen LogP contribution is 2.35. The molecule has 1 amide bonds. The first-order valence-electron chi connectivity index (χ1n) is 9.25. The molecule has 164 valence electrons. The standard InChI is InChI=1S/C21H20INO8/c1-2-28-17(7-8-19(25)26)20(14-9-12(22)3-5-15(14)24)31-21(27)23-13-4-6-16-18(10-13)30-11-29-16/h3-10,17,20,24H,2,11H2,1H3,(H,23,27)(H,25,26)/b8-7+/t17-,20-/m1/s1. The van der Waals surface area contributed by atoms with E-state index >= 15 is 0 Å². The summed E-state index contributed by atoms with van der Waals surface area (Å²) in [5.74, 6) is -0.244. The summed E-state index contributed by atoms with van der Waals surface area (Å²) >= 11 is 2.06. The van der Waals surface area contributed by atoms with Gasteiger partial charge in [0.1, 0.15) is 11.9 Å². The number of amides is 1. The van der Waals surface area contributed by atoms with Crippen LogP contribution in [0.25, 0.3) is 0 Å². The number of phenols is 1. The van der Waals surface area contributed by atoms with Gasteiger partial charge in [0.05, 0.1) is 0 Å². The number of carboxylic acid groups (broad SMARTS) is 1. The molecular formula is C21H20INO8. The summed E-state index contributed by atoms with van der Waals surface area (Å²) in [5, 5.41) is 22.0. The van der Waals surface area contributed by atoms with Crippen molar-refractivity contribution in [3.63, 3.8) is 0 Å². The first kappa shape index (κ1) is 22.7. The average Bonchev–Trinajstić information content (AvgIpc) is 3.19. The lowest BCUT2D eigenvalue weighted by Gasteiger charge is -2.26. The Balaban J connectivity index is 1.86. The summed E-state index contributed by atoms with van der Waals surface area (Å²) in [6.45, 7) is 2.05. The zero-order valence-corrected chi connectivity index (χ0v) is 18.6. The van der Waals surface area contributed by atoms with E-state index in [1.165, 1.54) is 12.1 Å². The number of hydrogen-bond donors (Lipinski definition) is 3. The topological polar surface area (TPSA) is 124 Å². The van der Waals surface area contributed by atoms with Crippen LogP contribution in [0, 0.1) is 3.57 Å². The summed E-state index contributed by atoms with van der Waals surface area (Å²) in [4.78, 5) is 23.7. The van der Waals surface area contributed by atoms with E-state index in [0.29, 0.717) is 17.2 Å². The summed E-state index contributed by atoms with van der Waals surface area (Å²) in [6.07, 6.45) is -0.719. The monoisotopic (exact) mass is 541 g/mol. The maximum atomic E-state index is 12.7. The Labute approximate surface area is 191 Å². The Kier molecular flexibility index (Phi) is 7.58. The van der Waals surface area contributed by atoms with Crippen LogP contribution in [0.5, 0.6) is 17.2 Å². The Morgan fingerprint density at radius 3 is 2.74 bits per heavy atom. The number of carboxylic acids is 1. The fourth-order valence-corrected chi connectivity index (χ4v) is 3.43. The second-order valence-electron chi connectivity index (χ2n) is 6.34. The molecule has 0 unspecified atom stereocenters. The van der Waals surface area contributed by atoms with Crippen molar-refractivity contribution in [2.24, 2.45) is 0 Å². The van der Waals surface area contributed by atoms with Crippen molar-refractivity contribution in [3.8, 4) is 17.2 Å². The van der Waals surface area contributed by atoms with Gasteiger partial charge < -0.3 is 29.2 Å². The smallest absolute Gasteiger partial charge is 0.412 e. The number of fused-ring (bicyclic) bond motifs is 1. The Bertz CT molecular complexity index is 993. The van der Waals surface area contributed by atoms with Crippen LogP contribution in [0.2, 0.25) is 0 Å². The van der Waals surface area contributed by atoms with E-state index in [1.54, 1.807) is 37.3 Å². The number of benzene rings is 2. The summed E-state index contributed by atoms with van der Waals surface area (Å²) < 4.78 is 22.5. The minimum absolute atomic E-state index is 0.100. The molecule has 0 radical (unpaired) electrons. The van der Waals surface area contributed by atoms with Crippen LogP contribution in [0.4, 0.5) is 10.5 Å². The molecule has 0 aromatic heterocycles. The Hall–Kier alpha value is -2.99. The van der Waals surface area contributed by atoms with E-state index < -0.39 is 24.3 Å². The van der Waals surface area contributed by atoms with E-state index in [1.807, 2.05) is 0 Å². The van der Waals surface area contributed by atoms with Crippen LogP contribution >= 0.6 is 22.6 Å². The first-order valence-corrected chi connectivity index (χ1v) is 10.3. The van der Waals surface area contributed by atoms with Gasteiger partial charge in [-0.2, -0.15) is 0 Å². The lowest BCUT2D eigenvalue weighted by Crippen LogP contribution is -2.28. The predicted octanol–water partition coefficient (Wildman–Crippen LogP) is 4.06. The van der Waals surface area contributed by atoms with E-state index in [0.717, 1.165) is 9.65 Å².